The average Bonchev–Trinajstić information content (AvgIpc) is 3.14. The zero-order chi connectivity index (χ0) is 26.6. The summed E-state index contributed by atoms with van der Waals surface area (Å²) in [7, 11) is -0.967. The number of halogens is 3. The number of hydrogen-bond donors (Lipinski definition) is 0. The summed E-state index contributed by atoms with van der Waals surface area (Å²) in [5.41, 5.74) is 5.78. The SMILES string of the molecule is COC(=O)N1[C@@H](CC#C[Si](C(C)C)(C(C)C)C(C)C)CN(Cc2ccc(C=O)cc2)[C@H]1C(F)(F)F. The van der Waals surface area contributed by atoms with Crippen LogP contribution < -0.4 is 0 Å². The lowest BCUT2D eigenvalue weighted by molar-refractivity contribution is -0.205. The number of benzene rings is 1. The normalized spacial score (nSPS) is 19.3. The van der Waals surface area contributed by atoms with E-state index in [1.165, 1.54) is 4.90 Å². The first-order valence-corrected chi connectivity index (χ1v) is 14.2. The van der Waals surface area contributed by atoms with Crippen molar-refractivity contribution < 1.29 is 27.5 Å². The number of rotatable bonds is 7. The van der Waals surface area contributed by atoms with Crippen molar-refractivity contribution in [3.63, 3.8) is 0 Å². The van der Waals surface area contributed by atoms with Crippen LogP contribution in [-0.4, -0.2) is 62.3 Å². The second kappa shape index (κ2) is 11.6. The topological polar surface area (TPSA) is 49.9 Å². The minimum Gasteiger partial charge on any atom is -0.453 e. The van der Waals surface area contributed by atoms with Crippen LogP contribution in [0.4, 0.5) is 18.0 Å². The monoisotopic (exact) mass is 510 g/mol. The van der Waals surface area contributed by atoms with E-state index in [2.05, 4.69) is 53.0 Å². The third-order valence-corrected chi connectivity index (χ3v) is 13.5. The molecule has 0 saturated carbocycles. The fraction of sp³-hybridized carbons (Fsp3) is 0.615. The maximum absolute atomic E-state index is 14.2. The Balaban J connectivity index is 2.42. The van der Waals surface area contributed by atoms with E-state index >= 15 is 0 Å². The molecule has 2 atom stereocenters. The Morgan fingerprint density at radius 3 is 2.09 bits per heavy atom. The molecule has 0 aromatic heterocycles. The molecule has 1 heterocycles. The second-order valence-electron chi connectivity index (χ2n) is 10.1. The molecule has 35 heavy (non-hydrogen) atoms. The van der Waals surface area contributed by atoms with Crippen molar-refractivity contribution in [3.05, 3.63) is 35.4 Å². The zero-order valence-corrected chi connectivity index (χ0v) is 22.6. The van der Waals surface area contributed by atoms with Crippen molar-refractivity contribution in [1.29, 1.82) is 0 Å². The summed E-state index contributed by atoms with van der Waals surface area (Å²) in [5.74, 6) is 3.22. The van der Waals surface area contributed by atoms with Crippen LogP contribution in [0.15, 0.2) is 24.3 Å². The van der Waals surface area contributed by atoms with Crippen molar-refractivity contribution in [2.75, 3.05) is 13.7 Å². The standard InChI is InChI=1S/C26H37F3N2O3Si/c1-18(2)35(19(3)4,20(5)6)14-8-9-23-16-30(15-21-10-12-22(17-32)13-11-21)24(26(27,28)29)31(23)25(33)34-7/h10-13,17-20,23-24H,9,15-16H2,1-7H3/t23-,24+/m0/s1. The predicted molar refractivity (Wildman–Crippen MR) is 134 cm³/mol. The molecule has 2 rings (SSSR count). The molecule has 0 bridgehead atoms. The molecule has 0 aliphatic carbocycles. The molecule has 0 spiro atoms. The fourth-order valence-electron chi connectivity index (χ4n) is 5.56. The first kappa shape index (κ1) is 28.9. The summed E-state index contributed by atoms with van der Waals surface area (Å²) in [5, 5.41) is 0. The van der Waals surface area contributed by atoms with E-state index in [9.17, 15) is 22.8 Å². The van der Waals surface area contributed by atoms with Crippen molar-refractivity contribution in [2.24, 2.45) is 0 Å². The van der Waals surface area contributed by atoms with Gasteiger partial charge in [-0.2, -0.15) is 13.2 Å². The Labute approximate surface area is 208 Å². The molecular weight excluding hydrogens is 473 g/mol. The lowest BCUT2D eigenvalue weighted by Gasteiger charge is -2.38. The summed E-state index contributed by atoms with van der Waals surface area (Å²) in [6.45, 7) is 13.0. The summed E-state index contributed by atoms with van der Waals surface area (Å²) in [6.07, 6.45) is -6.98. The zero-order valence-electron chi connectivity index (χ0n) is 21.6. The summed E-state index contributed by atoms with van der Waals surface area (Å²) >= 11 is 0. The van der Waals surface area contributed by atoms with E-state index < -0.39 is 32.6 Å². The van der Waals surface area contributed by atoms with Gasteiger partial charge < -0.3 is 4.74 Å². The summed E-state index contributed by atoms with van der Waals surface area (Å²) < 4.78 is 47.4. The minimum absolute atomic E-state index is 0.0168. The Bertz CT molecular complexity index is 914. The maximum atomic E-state index is 14.2. The minimum atomic E-state index is -4.68. The largest absolute Gasteiger partial charge is 0.453 e. The molecule has 1 aliphatic rings. The van der Waals surface area contributed by atoms with Gasteiger partial charge in [-0.05, 0) is 22.2 Å². The quantitative estimate of drug-likeness (QED) is 0.247. The number of ether oxygens (including phenoxy) is 1. The van der Waals surface area contributed by atoms with Crippen LogP contribution in [0, 0.1) is 11.5 Å². The van der Waals surface area contributed by atoms with E-state index in [-0.39, 0.29) is 19.5 Å². The number of carbonyl (C=O) groups excluding carboxylic acids is 2. The number of hydrogen-bond acceptors (Lipinski definition) is 4. The van der Waals surface area contributed by atoms with E-state index in [0.29, 0.717) is 34.0 Å². The van der Waals surface area contributed by atoms with Crippen LogP contribution in [0.5, 0.6) is 0 Å². The Kier molecular flexibility index (Phi) is 9.60. The van der Waals surface area contributed by atoms with Gasteiger partial charge in [0.25, 0.3) is 0 Å². The number of aldehydes is 1. The highest BCUT2D eigenvalue weighted by Crippen LogP contribution is 2.41. The maximum Gasteiger partial charge on any atom is 0.422 e. The van der Waals surface area contributed by atoms with Gasteiger partial charge in [0, 0.05) is 25.1 Å². The van der Waals surface area contributed by atoms with Gasteiger partial charge in [-0.3, -0.25) is 14.6 Å². The predicted octanol–water partition coefficient (Wildman–Crippen LogP) is 6.25. The molecule has 194 valence electrons. The van der Waals surface area contributed by atoms with Crippen LogP contribution in [0.1, 0.15) is 63.9 Å². The van der Waals surface area contributed by atoms with Crippen molar-refractivity contribution in [3.8, 4) is 11.5 Å². The molecule has 1 aromatic carbocycles. The van der Waals surface area contributed by atoms with Crippen molar-refractivity contribution >= 4 is 20.5 Å². The van der Waals surface area contributed by atoms with Crippen LogP contribution in [0.25, 0.3) is 0 Å². The molecule has 1 aliphatic heterocycles. The van der Waals surface area contributed by atoms with Gasteiger partial charge in [0.05, 0.1) is 13.2 Å². The van der Waals surface area contributed by atoms with E-state index in [4.69, 9.17) is 4.74 Å². The summed E-state index contributed by atoms with van der Waals surface area (Å²) in [6, 6.07) is 5.63. The first-order valence-electron chi connectivity index (χ1n) is 12.0. The lowest BCUT2D eigenvalue weighted by atomic mass is 10.1. The summed E-state index contributed by atoms with van der Waals surface area (Å²) in [4.78, 5) is 25.5. The molecule has 1 fully saturated rings. The number of nitrogens with zero attached hydrogens (tertiary/aromatic N) is 2. The number of methoxy groups -OCH3 is 1. The van der Waals surface area contributed by atoms with Gasteiger partial charge in [-0.1, -0.05) is 65.8 Å². The van der Waals surface area contributed by atoms with E-state index in [1.807, 2.05) is 0 Å². The van der Waals surface area contributed by atoms with Gasteiger partial charge in [0.2, 0.25) is 0 Å². The molecule has 0 N–H and O–H groups in total. The Hall–Kier alpha value is -2.31. The fourth-order valence-corrected chi connectivity index (χ4v) is 10.8. The lowest BCUT2D eigenvalue weighted by Crippen LogP contribution is -2.52. The smallest absolute Gasteiger partial charge is 0.422 e. The molecule has 1 aromatic rings. The van der Waals surface area contributed by atoms with Gasteiger partial charge in [-0.25, -0.2) is 4.79 Å². The first-order chi connectivity index (χ1) is 16.3. The van der Waals surface area contributed by atoms with Crippen LogP contribution in [-0.2, 0) is 11.3 Å². The molecule has 1 amide bonds. The van der Waals surface area contributed by atoms with E-state index in [1.54, 1.807) is 24.3 Å². The molecule has 5 nitrogen and oxygen atoms in total. The van der Waals surface area contributed by atoms with Crippen molar-refractivity contribution in [2.45, 2.75) is 89.5 Å². The van der Waals surface area contributed by atoms with Crippen LogP contribution in [0.2, 0.25) is 16.6 Å². The van der Waals surface area contributed by atoms with Gasteiger partial charge in [0.15, 0.2) is 6.17 Å². The molecule has 0 radical (unpaired) electrons. The number of amides is 1. The molecular formula is C26H37F3N2O3Si. The number of alkyl halides is 3. The number of carbonyl (C=O) groups is 2. The molecule has 9 heteroatoms. The van der Waals surface area contributed by atoms with Gasteiger partial charge >= 0.3 is 12.3 Å². The molecule has 1 saturated heterocycles. The van der Waals surface area contributed by atoms with Gasteiger partial charge in [-0.15, -0.1) is 11.5 Å². The third kappa shape index (κ3) is 6.28. The van der Waals surface area contributed by atoms with Crippen LogP contribution in [0.3, 0.4) is 0 Å². The third-order valence-electron chi connectivity index (χ3n) is 7.14. The average molecular weight is 511 g/mol. The highest BCUT2D eigenvalue weighted by Gasteiger charge is 2.56. The van der Waals surface area contributed by atoms with Gasteiger partial charge in [0.1, 0.15) is 14.4 Å². The Morgan fingerprint density at radius 1 is 1.11 bits per heavy atom. The molecule has 0 unspecified atom stereocenters. The van der Waals surface area contributed by atoms with Crippen molar-refractivity contribution in [1.82, 2.24) is 9.80 Å². The van der Waals surface area contributed by atoms with Crippen LogP contribution >= 0.6 is 0 Å². The van der Waals surface area contributed by atoms with E-state index in [0.717, 1.165) is 12.0 Å². The highest BCUT2D eigenvalue weighted by atomic mass is 28.3. The second-order valence-corrected chi connectivity index (χ2v) is 15.7. The Morgan fingerprint density at radius 2 is 1.66 bits per heavy atom. The highest BCUT2D eigenvalue weighted by molar-refractivity contribution is 6.90.